The van der Waals surface area contributed by atoms with Crippen LogP contribution in [0, 0.1) is 0 Å². The lowest BCUT2D eigenvalue weighted by Crippen LogP contribution is -2.20. The molecule has 2 atom stereocenters. The Hall–Kier alpha value is -0.770. The van der Waals surface area contributed by atoms with Crippen molar-refractivity contribution in [3.8, 4) is 5.75 Å². The Bertz CT molecular complexity index is 355. The van der Waals surface area contributed by atoms with Gasteiger partial charge in [-0.05, 0) is 38.6 Å². The number of halogens is 1. The average Bonchev–Trinajstić information content (AvgIpc) is 2.27. The van der Waals surface area contributed by atoms with E-state index in [-0.39, 0.29) is 12.6 Å². The fraction of sp³-hybridized carbons (Fsp3) is 0.538. The molecule has 0 aliphatic rings. The molecule has 0 bridgehead atoms. The van der Waals surface area contributed by atoms with E-state index in [2.05, 4.69) is 19.2 Å². The molecule has 0 radical (unpaired) electrons. The summed E-state index contributed by atoms with van der Waals surface area (Å²) in [7, 11) is 0. The summed E-state index contributed by atoms with van der Waals surface area (Å²) in [5.41, 5.74) is 1.01. The van der Waals surface area contributed by atoms with Crippen molar-refractivity contribution in [2.24, 2.45) is 0 Å². The van der Waals surface area contributed by atoms with Gasteiger partial charge >= 0.3 is 0 Å². The number of rotatable bonds is 6. The van der Waals surface area contributed by atoms with Gasteiger partial charge < -0.3 is 15.2 Å². The van der Waals surface area contributed by atoms with Crippen LogP contribution in [0.15, 0.2) is 18.2 Å². The molecule has 2 unspecified atom stereocenters. The van der Waals surface area contributed by atoms with Gasteiger partial charge in [0.05, 0.1) is 6.10 Å². The first-order valence-electron chi connectivity index (χ1n) is 5.88. The predicted molar refractivity (Wildman–Crippen MR) is 70.7 cm³/mol. The van der Waals surface area contributed by atoms with E-state index >= 15 is 0 Å². The molecule has 0 saturated carbocycles. The molecule has 0 aliphatic heterocycles. The fourth-order valence-electron chi connectivity index (χ4n) is 1.62. The standard InChI is InChI=1S/C13H20ClNO2/c1-4-15-10(3)12-7-11(14)5-6-13(12)17-8-9(2)16/h5-7,9-10,15-16H,4,8H2,1-3H3. The summed E-state index contributed by atoms with van der Waals surface area (Å²) >= 11 is 5.99. The maximum atomic E-state index is 9.23. The Labute approximate surface area is 108 Å². The fourth-order valence-corrected chi connectivity index (χ4v) is 1.80. The van der Waals surface area contributed by atoms with Crippen LogP contribution in [0.3, 0.4) is 0 Å². The smallest absolute Gasteiger partial charge is 0.124 e. The molecule has 0 amide bonds. The molecule has 2 N–H and O–H groups in total. The van der Waals surface area contributed by atoms with Gasteiger partial charge in [0.15, 0.2) is 0 Å². The van der Waals surface area contributed by atoms with Gasteiger partial charge in [0, 0.05) is 16.6 Å². The SMILES string of the molecule is CCNC(C)c1cc(Cl)ccc1OCC(C)O. The van der Waals surface area contributed by atoms with Crippen molar-refractivity contribution in [3.63, 3.8) is 0 Å². The van der Waals surface area contributed by atoms with E-state index in [1.54, 1.807) is 13.0 Å². The highest BCUT2D eigenvalue weighted by Crippen LogP contribution is 2.28. The van der Waals surface area contributed by atoms with Crippen molar-refractivity contribution in [1.29, 1.82) is 0 Å². The second-order valence-corrected chi connectivity index (χ2v) is 4.56. The molecule has 0 saturated heterocycles. The molecule has 0 aliphatic carbocycles. The molecule has 0 aromatic heterocycles. The normalized spacial score (nSPS) is 14.4. The first-order valence-corrected chi connectivity index (χ1v) is 6.26. The number of hydrogen-bond donors (Lipinski definition) is 2. The number of hydrogen-bond acceptors (Lipinski definition) is 3. The van der Waals surface area contributed by atoms with E-state index in [1.165, 1.54) is 0 Å². The summed E-state index contributed by atoms with van der Waals surface area (Å²) in [4.78, 5) is 0. The topological polar surface area (TPSA) is 41.5 Å². The van der Waals surface area contributed by atoms with Crippen LogP contribution < -0.4 is 10.1 Å². The predicted octanol–water partition coefficient (Wildman–Crippen LogP) is 2.77. The lowest BCUT2D eigenvalue weighted by molar-refractivity contribution is 0.122. The molecule has 4 heteroatoms. The van der Waals surface area contributed by atoms with Crippen molar-refractivity contribution in [3.05, 3.63) is 28.8 Å². The summed E-state index contributed by atoms with van der Waals surface area (Å²) in [6, 6.07) is 5.70. The van der Waals surface area contributed by atoms with Crippen molar-refractivity contribution in [1.82, 2.24) is 5.32 Å². The first kappa shape index (κ1) is 14.3. The Balaban J connectivity index is 2.87. The molecule has 0 heterocycles. The molecule has 0 fully saturated rings. The van der Waals surface area contributed by atoms with Crippen molar-refractivity contribution in [2.45, 2.75) is 32.9 Å². The van der Waals surface area contributed by atoms with Crippen LogP contribution in [-0.4, -0.2) is 24.4 Å². The quantitative estimate of drug-likeness (QED) is 0.824. The van der Waals surface area contributed by atoms with Gasteiger partial charge in [-0.3, -0.25) is 0 Å². The number of aliphatic hydroxyl groups excluding tert-OH is 1. The highest BCUT2D eigenvalue weighted by molar-refractivity contribution is 6.30. The molecule has 17 heavy (non-hydrogen) atoms. The molecule has 0 spiro atoms. The Morgan fingerprint density at radius 1 is 1.41 bits per heavy atom. The Morgan fingerprint density at radius 2 is 2.12 bits per heavy atom. The summed E-state index contributed by atoms with van der Waals surface area (Å²) in [5.74, 6) is 0.767. The first-order chi connectivity index (χ1) is 8.04. The van der Waals surface area contributed by atoms with Crippen LogP contribution in [0.5, 0.6) is 5.75 Å². The minimum atomic E-state index is -0.479. The third-order valence-corrected chi connectivity index (χ3v) is 2.66. The highest BCUT2D eigenvalue weighted by atomic mass is 35.5. The molecule has 1 aromatic rings. The second kappa shape index (κ2) is 6.84. The molecular formula is C13H20ClNO2. The van der Waals surface area contributed by atoms with Gasteiger partial charge in [0.1, 0.15) is 12.4 Å². The summed E-state index contributed by atoms with van der Waals surface area (Å²) in [6.07, 6.45) is -0.479. The van der Waals surface area contributed by atoms with Gasteiger partial charge in [0.2, 0.25) is 0 Å². The maximum Gasteiger partial charge on any atom is 0.124 e. The zero-order valence-electron chi connectivity index (χ0n) is 10.5. The second-order valence-electron chi connectivity index (χ2n) is 4.12. The Kier molecular flexibility index (Phi) is 5.75. The van der Waals surface area contributed by atoms with E-state index < -0.39 is 6.10 Å². The Morgan fingerprint density at radius 3 is 2.71 bits per heavy atom. The summed E-state index contributed by atoms with van der Waals surface area (Å²) < 4.78 is 5.57. The third-order valence-electron chi connectivity index (χ3n) is 2.43. The lowest BCUT2D eigenvalue weighted by Gasteiger charge is -2.18. The third kappa shape index (κ3) is 4.54. The van der Waals surface area contributed by atoms with Crippen molar-refractivity contribution in [2.75, 3.05) is 13.2 Å². The molecule has 1 rings (SSSR count). The van der Waals surface area contributed by atoms with E-state index in [4.69, 9.17) is 16.3 Å². The van der Waals surface area contributed by atoms with Gasteiger partial charge in [0.25, 0.3) is 0 Å². The van der Waals surface area contributed by atoms with Crippen LogP contribution >= 0.6 is 11.6 Å². The van der Waals surface area contributed by atoms with Gasteiger partial charge in [-0.1, -0.05) is 18.5 Å². The van der Waals surface area contributed by atoms with Crippen molar-refractivity contribution < 1.29 is 9.84 Å². The van der Waals surface area contributed by atoms with Crippen LogP contribution in [0.4, 0.5) is 0 Å². The maximum absolute atomic E-state index is 9.23. The van der Waals surface area contributed by atoms with Crippen LogP contribution in [0.2, 0.25) is 5.02 Å². The minimum Gasteiger partial charge on any atom is -0.491 e. The summed E-state index contributed by atoms with van der Waals surface area (Å²) in [5, 5.41) is 13.2. The largest absolute Gasteiger partial charge is 0.491 e. The van der Waals surface area contributed by atoms with Crippen LogP contribution in [-0.2, 0) is 0 Å². The zero-order chi connectivity index (χ0) is 12.8. The van der Waals surface area contributed by atoms with Crippen molar-refractivity contribution >= 4 is 11.6 Å². The number of ether oxygens (including phenoxy) is 1. The van der Waals surface area contributed by atoms with Gasteiger partial charge in [-0.2, -0.15) is 0 Å². The monoisotopic (exact) mass is 257 g/mol. The number of nitrogens with one attached hydrogen (secondary N) is 1. The van der Waals surface area contributed by atoms with Crippen LogP contribution in [0.25, 0.3) is 0 Å². The molecule has 96 valence electrons. The van der Waals surface area contributed by atoms with Gasteiger partial charge in [-0.15, -0.1) is 0 Å². The van der Waals surface area contributed by atoms with E-state index in [1.807, 2.05) is 12.1 Å². The molecule has 3 nitrogen and oxygen atoms in total. The van der Waals surface area contributed by atoms with Crippen LogP contribution in [0.1, 0.15) is 32.4 Å². The zero-order valence-corrected chi connectivity index (χ0v) is 11.3. The number of benzene rings is 1. The van der Waals surface area contributed by atoms with E-state index in [0.717, 1.165) is 17.9 Å². The average molecular weight is 258 g/mol. The van der Waals surface area contributed by atoms with Gasteiger partial charge in [-0.25, -0.2) is 0 Å². The molecular weight excluding hydrogens is 238 g/mol. The summed E-state index contributed by atoms with van der Waals surface area (Å²) in [6.45, 7) is 6.97. The number of aliphatic hydroxyl groups is 1. The minimum absolute atomic E-state index is 0.169. The molecule has 1 aromatic carbocycles. The highest BCUT2D eigenvalue weighted by Gasteiger charge is 2.12. The van der Waals surface area contributed by atoms with E-state index in [0.29, 0.717) is 5.02 Å². The van der Waals surface area contributed by atoms with E-state index in [9.17, 15) is 5.11 Å². The lowest BCUT2D eigenvalue weighted by atomic mass is 10.1.